The van der Waals surface area contributed by atoms with Crippen molar-refractivity contribution in [2.45, 2.75) is 20.3 Å². The Morgan fingerprint density at radius 1 is 1.58 bits per heavy atom. The molecule has 0 bridgehead atoms. The Labute approximate surface area is 73.3 Å². The summed E-state index contributed by atoms with van der Waals surface area (Å²) in [7, 11) is 0. The second kappa shape index (κ2) is 3.85. The molecule has 1 aromatic rings. The molecule has 1 aliphatic rings. The van der Waals surface area contributed by atoms with Crippen molar-refractivity contribution < 1.29 is 6.22 Å². The van der Waals surface area contributed by atoms with Crippen LogP contribution in [-0.2, 0) is 11.2 Å². The van der Waals surface area contributed by atoms with E-state index in [4.69, 9.17) is 0 Å². The van der Waals surface area contributed by atoms with E-state index in [9.17, 15) is 4.79 Å². The summed E-state index contributed by atoms with van der Waals surface area (Å²) in [5.41, 5.74) is 1.90. The molecule has 1 aliphatic heterocycles. The molecule has 2 rings (SSSR count). The number of rotatable bonds is 0. The Hall–Kier alpha value is -1.38. The summed E-state index contributed by atoms with van der Waals surface area (Å²) in [5.74, 6) is 0.0583. The van der Waals surface area contributed by atoms with Gasteiger partial charge in [-0.2, -0.15) is 0 Å². The second-order valence-corrected chi connectivity index (χ2v) is 2.26. The van der Waals surface area contributed by atoms with Crippen molar-refractivity contribution in [3.63, 3.8) is 0 Å². The maximum absolute atomic E-state index is 10.8. The zero-order valence-electron chi connectivity index (χ0n) is 7.29. The van der Waals surface area contributed by atoms with Crippen molar-refractivity contribution in [3.05, 3.63) is 24.0 Å². The van der Waals surface area contributed by atoms with Crippen LogP contribution in [-0.4, -0.2) is 10.9 Å². The fourth-order valence-corrected chi connectivity index (χ4v) is 1.06. The third-order valence-electron chi connectivity index (χ3n) is 1.54. The van der Waals surface area contributed by atoms with E-state index in [-0.39, 0.29) is 7.33 Å². The lowest BCUT2D eigenvalue weighted by Gasteiger charge is -1.92. The average Bonchev–Trinajstić information content (AvgIpc) is 2.48. The fraction of sp³-hybridized carbons (Fsp3) is 0.333. The number of amides is 1. The number of anilines is 1. The first kappa shape index (κ1) is 8.71. The maximum atomic E-state index is 10.8. The zero-order chi connectivity index (χ0) is 8.97. The smallest absolute Gasteiger partial charge is 0.228 e. The van der Waals surface area contributed by atoms with Crippen LogP contribution >= 0.6 is 0 Å². The summed E-state index contributed by atoms with van der Waals surface area (Å²) in [4.78, 5) is 14.6. The minimum absolute atomic E-state index is 0. The van der Waals surface area contributed by atoms with Gasteiger partial charge in [0.15, 0.2) is 0 Å². The Bertz CT molecular complexity index is 262. The lowest BCUT2D eigenvalue weighted by molar-refractivity contribution is -0.115. The number of pyridine rings is 1. The molecule has 1 amide bonds. The highest BCUT2D eigenvalue weighted by Crippen LogP contribution is 2.19. The number of carbonyl (C=O) groups is 1. The normalized spacial score (nSPS) is 12.7. The largest absolute Gasteiger partial charge is 0.324 e. The van der Waals surface area contributed by atoms with Crippen LogP contribution in [0.2, 0.25) is 0 Å². The molecule has 0 saturated carbocycles. The zero-order valence-corrected chi connectivity index (χ0v) is 7.29. The molecule has 1 aromatic heterocycles. The van der Waals surface area contributed by atoms with E-state index in [1.54, 1.807) is 12.4 Å². The fourth-order valence-electron chi connectivity index (χ4n) is 1.06. The molecule has 0 aromatic carbocycles. The van der Waals surface area contributed by atoms with E-state index >= 15 is 0 Å². The summed E-state index contributed by atoms with van der Waals surface area (Å²) in [5, 5.41) is 2.70. The van der Waals surface area contributed by atoms with Gasteiger partial charge in [0, 0.05) is 7.62 Å². The van der Waals surface area contributed by atoms with Gasteiger partial charge in [-0.1, -0.05) is 13.8 Å². The van der Waals surface area contributed by atoms with Gasteiger partial charge >= 0.3 is 0 Å². The lowest BCUT2D eigenvalue weighted by Crippen LogP contribution is -2.03. The van der Waals surface area contributed by atoms with Crippen molar-refractivity contribution in [3.8, 4) is 0 Å². The van der Waals surface area contributed by atoms with Crippen molar-refractivity contribution >= 4 is 11.6 Å². The predicted molar refractivity (Wildman–Crippen MR) is 50.0 cm³/mol. The molecule has 0 spiro atoms. The molecule has 12 heavy (non-hydrogen) atoms. The Kier molecular flexibility index (Phi) is 2.80. The van der Waals surface area contributed by atoms with Crippen LogP contribution in [0.3, 0.4) is 0 Å². The highest BCUT2D eigenvalue weighted by molar-refractivity contribution is 5.98. The van der Waals surface area contributed by atoms with Crippen molar-refractivity contribution in [2.75, 3.05) is 5.32 Å². The highest BCUT2D eigenvalue weighted by atomic mass is 16.1. The quantitative estimate of drug-likeness (QED) is 0.639. The van der Waals surface area contributed by atoms with E-state index in [0.717, 1.165) is 11.3 Å². The van der Waals surface area contributed by atoms with Gasteiger partial charge in [-0.15, -0.1) is 0 Å². The molecule has 0 fully saturated rings. The molecular formula is C9H14N2O. The van der Waals surface area contributed by atoms with Gasteiger partial charge in [0.25, 0.3) is 0 Å². The van der Waals surface area contributed by atoms with Crippen molar-refractivity contribution in [1.29, 1.82) is 0 Å². The predicted octanol–water partition coefficient (Wildman–Crippen LogP) is 1.85. The molecular weight excluding hydrogens is 152 g/mol. The summed E-state index contributed by atoms with van der Waals surface area (Å²) in [6.07, 6.45) is 3.86. The summed E-state index contributed by atoms with van der Waals surface area (Å²) in [6, 6.07) is 1.85. The molecule has 2 heterocycles. The highest BCUT2D eigenvalue weighted by Gasteiger charge is 2.15. The summed E-state index contributed by atoms with van der Waals surface area (Å²) >= 11 is 0. The molecule has 0 aliphatic carbocycles. The third-order valence-corrected chi connectivity index (χ3v) is 1.54. The van der Waals surface area contributed by atoms with E-state index in [2.05, 4.69) is 10.3 Å². The van der Waals surface area contributed by atoms with Crippen LogP contribution in [0.4, 0.5) is 5.69 Å². The minimum atomic E-state index is 0. The number of aromatic nitrogens is 1. The van der Waals surface area contributed by atoms with Crippen molar-refractivity contribution in [1.82, 2.24) is 4.98 Å². The van der Waals surface area contributed by atoms with Crippen LogP contribution < -0.4 is 5.32 Å². The first-order valence-electron chi connectivity index (χ1n) is 4.09. The molecule has 66 valence electrons. The van der Waals surface area contributed by atoms with Crippen molar-refractivity contribution in [2.24, 2.45) is 0 Å². The van der Waals surface area contributed by atoms with Gasteiger partial charge < -0.3 is 5.32 Å². The van der Waals surface area contributed by atoms with Crippen LogP contribution in [0, 0.1) is 0 Å². The topological polar surface area (TPSA) is 42.0 Å². The van der Waals surface area contributed by atoms with E-state index in [1.807, 2.05) is 19.9 Å². The SMILES string of the molecule is CC.O=C1Cc2ccncc2N1.[HH]. The molecule has 1 N–H and O–H groups in total. The third kappa shape index (κ3) is 1.61. The lowest BCUT2D eigenvalue weighted by atomic mass is 10.2. The standard InChI is InChI=1S/C7H6N2O.C2H6.H2/c10-7-3-5-1-2-8-4-6(5)9-7;1-2;/h1-2,4H,3H2,(H,9,10);1-2H3;1H. The molecule has 3 nitrogen and oxygen atoms in total. The Morgan fingerprint density at radius 2 is 2.33 bits per heavy atom. The van der Waals surface area contributed by atoms with Gasteiger partial charge in [0.2, 0.25) is 5.91 Å². The molecule has 3 heteroatoms. The second-order valence-electron chi connectivity index (χ2n) is 2.26. The molecule has 0 unspecified atom stereocenters. The maximum Gasteiger partial charge on any atom is 0.228 e. The Morgan fingerprint density at radius 3 is 3.00 bits per heavy atom. The van der Waals surface area contributed by atoms with Gasteiger partial charge in [0.1, 0.15) is 0 Å². The first-order valence-corrected chi connectivity index (χ1v) is 4.09. The summed E-state index contributed by atoms with van der Waals surface area (Å²) < 4.78 is 0. The number of nitrogens with one attached hydrogen (secondary N) is 1. The first-order chi connectivity index (χ1) is 5.86. The average molecular weight is 166 g/mol. The number of carbonyl (C=O) groups excluding carboxylic acids is 1. The van der Waals surface area contributed by atoms with Gasteiger partial charge in [0.05, 0.1) is 18.3 Å². The van der Waals surface area contributed by atoms with Crippen LogP contribution in [0.5, 0.6) is 0 Å². The van der Waals surface area contributed by atoms with Gasteiger partial charge in [-0.25, -0.2) is 0 Å². The minimum Gasteiger partial charge on any atom is -0.324 e. The van der Waals surface area contributed by atoms with E-state index < -0.39 is 0 Å². The van der Waals surface area contributed by atoms with Gasteiger partial charge in [-0.05, 0) is 11.6 Å². The molecule has 0 radical (unpaired) electrons. The van der Waals surface area contributed by atoms with Gasteiger partial charge in [-0.3, -0.25) is 9.78 Å². The van der Waals surface area contributed by atoms with Crippen LogP contribution in [0.1, 0.15) is 20.8 Å². The summed E-state index contributed by atoms with van der Waals surface area (Å²) in [6.45, 7) is 4.00. The number of fused-ring (bicyclic) bond motifs is 1. The van der Waals surface area contributed by atoms with E-state index in [0.29, 0.717) is 6.42 Å². The molecule has 0 saturated heterocycles. The Balaban J connectivity index is 0.000000451. The van der Waals surface area contributed by atoms with Crippen LogP contribution in [0.25, 0.3) is 0 Å². The number of nitrogens with zero attached hydrogens (tertiary/aromatic N) is 1. The number of hydrogen-bond donors (Lipinski definition) is 1. The monoisotopic (exact) mass is 166 g/mol. The van der Waals surface area contributed by atoms with Crippen LogP contribution in [0.15, 0.2) is 18.5 Å². The number of hydrogen-bond acceptors (Lipinski definition) is 2. The van der Waals surface area contributed by atoms with E-state index in [1.165, 1.54) is 0 Å². The molecule has 0 atom stereocenters.